The number of piperidine rings is 3. The Labute approximate surface area is 217 Å². The summed E-state index contributed by atoms with van der Waals surface area (Å²) in [7, 11) is 0. The van der Waals surface area contributed by atoms with E-state index in [1.54, 1.807) is 0 Å². The zero-order chi connectivity index (χ0) is 22.7. The zero-order valence-electron chi connectivity index (χ0n) is 19.7. The van der Waals surface area contributed by atoms with Crippen LogP contribution in [0.15, 0.2) is 47.8 Å². The summed E-state index contributed by atoms with van der Waals surface area (Å²) in [6.45, 7) is 4.93. The Morgan fingerprint density at radius 2 is 1.79 bits per heavy atom. The third kappa shape index (κ3) is 5.23. The second kappa shape index (κ2) is 11.1. The minimum atomic E-state index is -1.49. The van der Waals surface area contributed by atoms with Crippen LogP contribution in [-0.4, -0.2) is 54.4 Å². The molecule has 7 heteroatoms. The van der Waals surface area contributed by atoms with Crippen LogP contribution < -0.4 is 21.7 Å². The molecule has 1 aromatic carbocycles. The van der Waals surface area contributed by atoms with Crippen LogP contribution in [0.1, 0.15) is 49.8 Å². The van der Waals surface area contributed by atoms with Crippen molar-refractivity contribution in [2.75, 3.05) is 32.8 Å². The molecule has 4 fully saturated rings. The van der Waals surface area contributed by atoms with Crippen LogP contribution in [-0.2, 0) is 15.1 Å². The Morgan fingerprint density at radius 1 is 1.06 bits per heavy atom. The van der Waals surface area contributed by atoms with E-state index in [1.165, 1.54) is 11.3 Å². The van der Waals surface area contributed by atoms with E-state index in [0.717, 1.165) is 86.2 Å². The molecule has 2 aromatic rings. The summed E-state index contributed by atoms with van der Waals surface area (Å²) in [5.41, 5.74) is -1.49. The fraction of sp³-hybridized carbons (Fsp3) is 0.593. The number of carbonyl (C=O) groups excluding carboxylic acids is 1. The molecular formula is C27H36BrNO4S. The van der Waals surface area contributed by atoms with Gasteiger partial charge in [-0.3, -0.25) is 0 Å². The first kappa shape index (κ1) is 25.7. The fourth-order valence-electron chi connectivity index (χ4n) is 6.31. The molecule has 6 rings (SSSR count). The highest BCUT2D eigenvalue weighted by molar-refractivity contribution is 7.10. The van der Waals surface area contributed by atoms with Gasteiger partial charge in [0.1, 0.15) is 12.3 Å². The standard InChI is InChI=1S/C27H36NO4S.BrH/c29-26(27(30,22-8-4-5-9-22)25-12-6-19-33-25)32-24-20-28(16-13-21(24)14-17-28)15-7-18-31-23-10-2-1-3-11-23;/h1-3,6,10-12,19,21-22,24,30H,4-5,7-9,13-18,20H2;1H/q+1;/p-1/t21?,24-,27-,28?;/m1./s1. The third-order valence-corrected chi connectivity index (χ3v) is 9.24. The second-order valence-electron chi connectivity index (χ2n) is 10.2. The summed E-state index contributed by atoms with van der Waals surface area (Å²) in [6.07, 6.45) is 7.00. The number of nitrogens with zero attached hydrogens (tertiary/aromatic N) is 1. The Morgan fingerprint density at radius 3 is 2.47 bits per heavy atom. The minimum absolute atomic E-state index is 0. The molecule has 0 radical (unpaired) electrons. The van der Waals surface area contributed by atoms with Crippen LogP contribution in [0, 0.1) is 11.8 Å². The van der Waals surface area contributed by atoms with Gasteiger partial charge in [0.15, 0.2) is 11.7 Å². The summed E-state index contributed by atoms with van der Waals surface area (Å²) >= 11 is 1.46. The molecule has 0 spiro atoms. The van der Waals surface area contributed by atoms with Crippen molar-refractivity contribution < 1.29 is 40.8 Å². The lowest BCUT2D eigenvalue weighted by atomic mass is 9.82. The number of ether oxygens (including phenoxy) is 2. The van der Waals surface area contributed by atoms with E-state index in [2.05, 4.69) is 0 Å². The van der Waals surface area contributed by atoms with Crippen LogP contribution in [0.5, 0.6) is 5.75 Å². The Hall–Kier alpha value is -1.41. The number of thiophene rings is 1. The number of para-hydroxylation sites is 1. The summed E-state index contributed by atoms with van der Waals surface area (Å²) in [6, 6.07) is 13.8. The predicted molar refractivity (Wildman–Crippen MR) is 129 cm³/mol. The van der Waals surface area contributed by atoms with Crippen molar-refractivity contribution in [2.45, 2.75) is 56.7 Å². The molecule has 3 aliphatic heterocycles. The van der Waals surface area contributed by atoms with Crippen LogP contribution in [0.3, 0.4) is 0 Å². The minimum Gasteiger partial charge on any atom is -1.00 e. The molecule has 0 unspecified atom stereocenters. The van der Waals surface area contributed by atoms with Gasteiger partial charge in [0, 0.05) is 36.0 Å². The van der Waals surface area contributed by atoms with Crippen LogP contribution in [0.2, 0.25) is 0 Å². The average molecular weight is 551 g/mol. The maximum absolute atomic E-state index is 13.5. The number of fused-ring (bicyclic) bond motifs is 3. The molecule has 2 bridgehead atoms. The van der Waals surface area contributed by atoms with Gasteiger partial charge in [-0.05, 0) is 36.4 Å². The van der Waals surface area contributed by atoms with Crippen molar-refractivity contribution >= 4 is 17.3 Å². The molecule has 1 saturated carbocycles. The molecule has 1 aliphatic carbocycles. The SMILES string of the molecule is O=C(O[C@@H]1C[N+]2(CCCOc3ccccc3)CCC1CC2)[C@](O)(c1cccs1)C1CCCC1.[Br-]. The summed E-state index contributed by atoms with van der Waals surface area (Å²) < 4.78 is 13.1. The van der Waals surface area contributed by atoms with Gasteiger partial charge in [-0.2, -0.15) is 0 Å². The second-order valence-corrected chi connectivity index (χ2v) is 11.2. The number of carbonyl (C=O) groups is 1. The molecule has 1 aromatic heterocycles. The Balaban J connectivity index is 0.00000274. The van der Waals surface area contributed by atoms with E-state index >= 15 is 0 Å². The van der Waals surface area contributed by atoms with Crippen molar-refractivity contribution in [3.05, 3.63) is 52.7 Å². The first-order valence-corrected chi connectivity index (χ1v) is 13.5. The number of hydrogen-bond donors (Lipinski definition) is 1. The van der Waals surface area contributed by atoms with Gasteiger partial charge in [-0.15, -0.1) is 11.3 Å². The highest BCUT2D eigenvalue weighted by Crippen LogP contribution is 2.44. The Bertz CT molecular complexity index is 910. The van der Waals surface area contributed by atoms with Gasteiger partial charge in [-0.1, -0.05) is 37.1 Å². The first-order valence-electron chi connectivity index (χ1n) is 12.6. The molecular weight excluding hydrogens is 514 g/mol. The normalized spacial score (nSPS) is 28.1. The van der Waals surface area contributed by atoms with Gasteiger partial charge in [0.05, 0.1) is 26.2 Å². The molecule has 5 nitrogen and oxygen atoms in total. The van der Waals surface area contributed by atoms with Crippen molar-refractivity contribution in [3.8, 4) is 5.75 Å². The highest BCUT2D eigenvalue weighted by atomic mass is 79.9. The van der Waals surface area contributed by atoms with Crippen molar-refractivity contribution in [2.24, 2.45) is 11.8 Å². The fourth-order valence-corrected chi connectivity index (χ4v) is 7.20. The molecule has 4 aliphatic rings. The molecule has 0 amide bonds. The van der Waals surface area contributed by atoms with Gasteiger partial charge < -0.3 is 36.0 Å². The van der Waals surface area contributed by atoms with Crippen molar-refractivity contribution in [3.63, 3.8) is 0 Å². The zero-order valence-corrected chi connectivity index (χ0v) is 22.1. The smallest absolute Gasteiger partial charge is 0.344 e. The van der Waals surface area contributed by atoms with E-state index in [1.807, 2.05) is 47.8 Å². The van der Waals surface area contributed by atoms with E-state index in [0.29, 0.717) is 12.5 Å². The number of aliphatic hydroxyl groups is 1. The molecule has 1 N–H and O–H groups in total. The van der Waals surface area contributed by atoms with E-state index in [-0.39, 0.29) is 29.0 Å². The Kier molecular flexibility index (Phi) is 8.39. The lowest BCUT2D eigenvalue weighted by molar-refractivity contribution is -0.946. The first-order chi connectivity index (χ1) is 16.1. The topological polar surface area (TPSA) is 55.8 Å². The van der Waals surface area contributed by atoms with Crippen LogP contribution in [0.25, 0.3) is 0 Å². The van der Waals surface area contributed by atoms with Gasteiger partial charge in [-0.25, -0.2) is 4.79 Å². The number of rotatable bonds is 9. The maximum atomic E-state index is 13.5. The summed E-state index contributed by atoms with van der Waals surface area (Å²) in [4.78, 5) is 14.3. The number of benzene rings is 1. The molecule has 186 valence electrons. The number of quaternary nitrogens is 1. The molecule has 34 heavy (non-hydrogen) atoms. The van der Waals surface area contributed by atoms with E-state index in [4.69, 9.17) is 9.47 Å². The van der Waals surface area contributed by atoms with Gasteiger partial charge >= 0.3 is 5.97 Å². The largest absolute Gasteiger partial charge is 1.00 e. The number of halogens is 1. The van der Waals surface area contributed by atoms with Crippen LogP contribution >= 0.6 is 11.3 Å². The predicted octanol–water partition coefficient (Wildman–Crippen LogP) is 1.75. The lowest BCUT2D eigenvalue weighted by Gasteiger charge is -2.52. The summed E-state index contributed by atoms with van der Waals surface area (Å²) in [5, 5.41) is 13.6. The molecule has 3 saturated heterocycles. The maximum Gasteiger partial charge on any atom is 0.344 e. The summed E-state index contributed by atoms with van der Waals surface area (Å²) in [5.74, 6) is 0.885. The lowest BCUT2D eigenvalue weighted by Crippen LogP contribution is -3.00. The number of esters is 1. The van der Waals surface area contributed by atoms with Crippen molar-refractivity contribution in [1.82, 2.24) is 0 Å². The van der Waals surface area contributed by atoms with E-state index in [9.17, 15) is 9.90 Å². The third-order valence-electron chi connectivity index (χ3n) is 8.24. The monoisotopic (exact) mass is 549 g/mol. The van der Waals surface area contributed by atoms with Gasteiger partial charge in [0.25, 0.3) is 0 Å². The number of hydrogen-bond acceptors (Lipinski definition) is 5. The van der Waals surface area contributed by atoms with E-state index < -0.39 is 11.6 Å². The molecule has 4 heterocycles. The highest BCUT2D eigenvalue weighted by Gasteiger charge is 2.53. The average Bonchev–Trinajstić information content (AvgIpc) is 3.58. The van der Waals surface area contributed by atoms with Crippen LogP contribution in [0.4, 0.5) is 0 Å². The molecule has 2 atom stereocenters. The van der Waals surface area contributed by atoms with Gasteiger partial charge in [0.2, 0.25) is 0 Å². The quantitative estimate of drug-likeness (QED) is 0.294. The van der Waals surface area contributed by atoms with Crippen molar-refractivity contribution in [1.29, 1.82) is 0 Å².